The fourth-order valence-corrected chi connectivity index (χ4v) is 1.76. The largest absolute Gasteiger partial charge is 0.475 e. The van der Waals surface area contributed by atoms with Gasteiger partial charge in [0.15, 0.2) is 0 Å². The molecule has 0 aliphatic rings. The van der Waals surface area contributed by atoms with E-state index in [1.54, 1.807) is 6.20 Å². The third-order valence-electron chi connectivity index (χ3n) is 2.84. The van der Waals surface area contributed by atoms with Crippen LogP contribution in [0.2, 0.25) is 5.02 Å². The second-order valence-corrected chi connectivity index (χ2v) is 6.44. The van der Waals surface area contributed by atoms with Gasteiger partial charge in [0.2, 0.25) is 5.88 Å². The Morgan fingerprint density at radius 1 is 1.24 bits per heavy atom. The lowest BCUT2D eigenvalue weighted by molar-refractivity contribution is 0.0965. The predicted molar refractivity (Wildman–Crippen MR) is 87.1 cm³/mol. The lowest BCUT2D eigenvalue weighted by Crippen LogP contribution is -2.35. The summed E-state index contributed by atoms with van der Waals surface area (Å²) in [6.07, 6.45) is 3.86. The van der Waals surface area contributed by atoms with Gasteiger partial charge in [-0.15, -0.1) is 0 Å². The number of hydrogen-bond donors (Lipinski definition) is 1. The van der Waals surface area contributed by atoms with Gasteiger partial charge in [-0.2, -0.15) is 0 Å². The molecule has 0 fully saturated rings. The van der Waals surface area contributed by atoms with Gasteiger partial charge in [-0.25, -0.2) is 4.98 Å². The summed E-state index contributed by atoms with van der Waals surface area (Å²) in [5.74, 6) is 0.587. The van der Waals surface area contributed by atoms with Crippen molar-refractivity contribution in [3.63, 3.8) is 0 Å². The molecule has 0 spiro atoms. The minimum absolute atomic E-state index is 0.0424. The van der Waals surface area contributed by atoms with Gasteiger partial charge in [0.25, 0.3) is 0 Å². The molecule has 21 heavy (non-hydrogen) atoms. The first-order valence-electron chi connectivity index (χ1n) is 7.52. The summed E-state index contributed by atoms with van der Waals surface area (Å²) in [6, 6.07) is 1.88. The topological polar surface area (TPSA) is 43.4 Å². The third kappa shape index (κ3) is 8.24. The van der Waals surface area contributed by atoms with E-state index < -0.39 is 0 Å². The number of rotatable bonds is 9. The van der Waals surface area contributed by atoms with Crippen molar-refractivity contribution >= 4 is 11.6 Å². The van der Waals surface area contributed by atoms with Gasteiger partial charge in [0.1, 0.15) is 6.61 Å². The molecule has 0 atom stereocenters. The van der Waals surface area contributed by atoms with Gasteiger partial charge in [-0.3, -0.25) is 0 Å². The highest BCUT2D eigenvalue weighted by atomic mass is 35.5. The van der Waals surface area contributed by atoms with Crippen molar-refractivity contribution in [1.82, 2.24) is 10.3 Å². The fourth-order valence-electron chi connectivity index (χ4n) is 1.59. The summed E-state index contributed by atoms with van der Waals surface area (Å²) in [5.41, 5.74) is 1.03. The highest BCUT2D eigenvalue weighted by Crippen LogP contribution is 2.20. The van der Waals surface area contributed by atoms with E-state index in [9.17, 15) is 0 Å². The van der Waals surface area contributed by atoms with Crippen molar-refractivity contribution in [2.45, 2.75) is 52.6 Å². The highest BCUT2D eigenvalue weighted by molar-refractivity contribution is 6.31. The van der Waals surface area contributed by atoms with Crippen molar-refractivity contribution < 1.29 is 9.47 Å². The molecule has 5 heteroatoms. The van der Waals surface area contributed by atoms with Crippen LogP contribution in [0.4, 0.5) is 0 Å². The zero-order chi connectivity index (χ0) is 15.7. The van der Waals surface area contributed by atoms with Crippen LogP contribution in [0.25, 0.3) is 0 Å². The van der Waals surface area contributed by atoms with E-state index in [-0.39, 0.29) is 5.54 Å². The summed E-state index contributed by atoms with van der Waals surface area (Å²) in [5, 5.41) is 4.06. The Hall–Kier alpha value is -0.840. The Morgan fingerprint density at radius 3 is 2.67 bits per heavy atom. The predicted octanol–water partition coefficient (Wildman–Crippen LogP) is 3.82. The normalized spacial score (nSPS) is 11.7. The van der Waals surface area contributed by atoms with Crippen LogP contribution in [0.5, 0.6) is 5.88 Å². The monoisotopic (exact) mass is 314 g/mol. The number of nitrogens with zero attached hydrogens (tertiary/aromatic N) is 1. The second kappa shape index (κ2) is 9.23. The number of pyridine rings is 1. The maximum absolute atomic E-state index is 6.16. The van der Waals surface area contributed by atoms with E-state index in [1.165, 1.54) is 0 Å². The van der Waals surface area contributed by atoms with Crippen LogP contribution in [0.15, 0.2) is 12.3 Å². The van der Waals surface area contributed by atoms with Crippen LogP contribution in [0, 0.1) is 0 Å². The lowest BCUT2D eigenvalue weighted by atomic mass is 10.1. The molecule has 0 radical (unpaired) electrons. The van der Waals surface area contributed by atoms with Crippen molar-refractivity contribution in [2.24, 2.45) is 0 Å². The first kappa shape index (κ1) is 18.2. The number of unbranched alkanes of at least 4 members (excludes halogenated alkanes) is 1. The van der Waals surface area contributed by atoms with E-state index in [1.807, 2.05) is 6.07 Å². The van der Waals surface area contributed by atoms with Crippen LogP contribution in [-0.4, -0.2) is 30.3 Å². The van der Waals surface area contributed by atoms with E-state index in [2.05, 4.69) is 38.0 Å². The van der Waals surface area contributed by atoms with Gasteiger partial charge in [0.05, 0.1) is 11.6 Å². The zero-order valence-electron chi connectivity index (χ0n) is 13.5. The summed E-state index contributed by atoms with van der Waals surface area (Å²) in [4.78, 5) is 4.18. The molecule has 4 nitrogen and oxygen atoms in total. The maximum atomic E-state index is 6.16. The van der Waals surface area contributed by atoms with Crippen LogP contribution >= 0.6 is 11.6 Å². The van der Waals surface area contributed by atoms with E-state index in [0.29, 0.717) is 30.7 Å². The summed E-state index contributed by atoms with van der Waals surface area (Å²) in [6.45, 7) is 11.1. The maximum Gasteiger partial charge on any atom is 0.213 e. The van der Waals surface area contributed by atoms with Gasteiger partial charge in [0, 0.05) is 31.0 Å². The average Bonchev–Trinajstić information content (AvgIpc) is 2.42. The Balaban J connectivity index is 2.41. The summed E-state index contributed by atoms with van der Waals surface area (Å²) < 4.78 is 11.0. The minimum atomic E-state index is 0.0424. The minimum Gasteiger partial charge on any atom is -0.475 e. The molecule has 1 N–H and O–H groups in total. The molecule has 1 aromatic heterocycles. The summed E-state index contributed by atoms with van der Waals surface area (Å²) >= 11 is 6.16. The zero-order valence-corrected chi connectivity index (χ0v) is 14.3. The summed E-state index contributed by atoms with van der Waals surface area (Å²) in [7, 11) is 0. The molecule has 120 valence electrons. The molecule has 0 aromatic carbocycles. The Labute approximate surface area is 133 Å². The van der Waals surface area contributed by atoms with Crippen LogP contribution in [-0.2, 0) is 11.3 Å². The quantitative estimate of drug-likeness (QED) is 0.704. The van der Waals surface area contributed by atoms with E-state index >= 15 is 0 Å². The molecular formula is C16H27ClN2O2. The Kier molecular flexibility index (Phi) is 8.01. The molecule has 0 unspecified atom stereocenters. The smallest absolute Gasteiger partial charge is 0.213 e. The number of aromatic nitrogens is 1. The number of ether oxygens (including phenoxy) is 2. The van der Waals surface area contributed by atoms with Crippen molar-refractivity contribution in [3.8, 4) is 5.88 Å². The Morgan fingerprint density at radius 2 is 2.00 bits per heavy atom. The average molecular weight is 315 g/mol. The number of nitrogens with one attached hydrogen (secondary N) is 1. The van der Waals surface area contributed by atoms with Crippen LogP contribution in [0.3, 0.4) is 0 Å². The van der Waals surface area contributed by atoms with Gasteiger partial charge in [-0.05, 0) is 32.8 Å². The van der Waals surface area contributed by atoms with Gasteiger partial charge in [-0.1, -0.05) is 24.9 Å². The first-order chi connectivity index (χ1) is 9.92. The van der Waals surface area contributed by atoms with Gasteiger partial charge < -0.3 is 14.8 Å². The molecule has 0 saturated heterocycles. The molecule has 0 aliphatic carbocycles. The lowest BCUT2D eigenvalue weighted by Gasteiger charge is -2.21. The van der Waals surface area contributed by atoms with E-state index in [4.69, 9.17) is 21.1 Å². The van der Waals surface area contributed by atoms with Gasteiger partial charge >= 0.3 is 0 Å². The second-order valence-electron chi connectivity index (χ2n) is 6.03. The number of halogens is 1. The molecule has 1 rings (SSSR count). The van der Waals surface area contributed by atoms with Crippen molar-refractivity contribution in [2.75, 3.05) is 19.8 Å². The molecule has 1 heterocycles. The number of hydrogen-bond acceptors (Lipinski definition) is 4. The van der Waals surface area contributed by atoms with Crippen LogP contribution in [0.1, 0.15) is 46.1 Å². The Bertz CT molecular complexity index is 419. The van der Waals surface area contributed by atoms with Crippen LogP contribution < -0.4 is 10.1 Å². The molecule has 0 aliphatic heterocycles. The van der Waals surface area contributed by atoms with Crippen molar-refractivity contribution in [1.29, 1.82) is 0 Å². The molecule has 0 saturated carbocycles. The molecule has 0 bridgehead atoms. The highest BCUT2D eigenvalue weighted by Gasteiger charge is 2.11. The standard InChI is InChI=1S/C16H27ClN2O2/c1-5-6-7-20-8-9-21-15-10-13(14(17)12-18-15)11-19-16(2,3)4/h10,12,19H,5-9,11H2,1-4H3. The molecule has 0 amide bonds. The fraction of sp³-hybridized carbons (Fsp3) is 0.688. The molecule has 1 aromatic rings. The SMILES string of the molecule is CCCCOCCOc1cc(CNC(C)(C)C)c(Cl)cn1. The molecular weight excluding hydrogens is 288 g/mol. The van der Waals surface area contributed by atoms with Crippen molar-refractivity contribution in [3.05, 3.63) is 22.8 Å². The third-order valence-corrected chi connectivity index (χ3v) is 3.18. The first-order valence-corrected chi connectivity index (χ1v) is 7.90. The van der Waals surface area contributed by atoms with E-state index in [0.717, 1.165) is 25.0 Å².